The summed E-state index contributed by atoms with van der Waals surface area (Å²) in [6.45, 7) is 9.58. The van der Waals surface area contributed by atoms with Crippen molar-refractivity contribution >= 4 is 11.3 Å². The van der Waals surface area contributed by atoms with Crippen LogP contribution in [0.15, 0.2) is 23.8 Å². The minimum absolute atomic E-state index is 0.0422. The summed E-state index contributed by atoms with van der Waals surface area (Å²) in [6.07, 6.45) is 4.92. The third kappa shape index (κ3) is 2.65. The van der Waals surface area contributed by atoms with Gasteiger partial charge in [-0.15, -0.1) is 11.3 Å². The molecule has 3 heterocycles. The number of nitrogens with zero attached hydrogens (tertiary/aromatic N) is 3. The molecule has 1 atom stereocenters. The molecule has 1 aliphatic heterocycles. The Morgan fingerprint density at radius 2 is 2.20 bits per heavy atom. The number of thiazole rings is 1. The van der Waals surface area contributed by atoms with Crippen LogP contribution in [-0.4, -0.2) is 26.0 Å². The number of ether oxygens (including phenoxy) is 1. The predicted molar refractivity (Wildman–Crippen MR) is 80.7 cm³/mol. The molecular formula is C15H21N3OS. The second kappa shape index (κ2) is 4.67. The topological polar surface area (TPSA) is 39.9 Å². The molecule has 0 radical (unpaired) electrons. The maximum atomic E-state index is 6.15. The lowest BCUT2D eigenvalue weighted by Crippen LogP contribution is -2.31. The van der Waals surface area contributed by atoms with Gasteiger partial charge in [-0.2, -0.15) is 5.10 Å². The van der Waals surface area contributed by atoms with Gasteiger partial charge in [0.25, 0.3) is 0 Å². The molecule has 0 spiro atoms. The Morgan fingerprint density at radius 3 is 2.80 bits per heavy atom. The first-order valence-electron chi connectivity index (χ1n) is 6.99. The molecular weight excluding hydrogens is 270 g/mol. The average molecular weight is 291 g/mol. The molecule has 2 aromatic rings. The molecule has 1 saturated heterocycles. The highest BCUT2D eigenvalue weighted by molar-refractivity contribution is 7.13. The first-order valence-corrected chi connectivity index (χ1v) is 7.87. The van der Waals surface area contributed by atoms with Crippen LogP contribution in [0.1, 0.15) is 34.1 Å². The van der Waals surface area contributed by atoms with Crippen LogP contribution in [0.2, 0.25) is 0 Å². The number of hydrogen-bond donors (Lipinski definition) is 0. The molecule has 0 N–H and O–H groups in total. The molecule has 108 valence electrons. The molecule has 3 rings (SSSR count). The number of aromatic nitrogens is 3. The van der Waals surface area contributed by atoms with Gasteiger partial charge < -0.3 is 4.74 Å². The van der Waals surface area contributed by atoms with E-state index < -0.39 is 0 Å². The van der Waals surface area contributed by atoms with Crippen LogP contribution < -0.4 is 0 Å². The minimum Gasteiger partial charge on any atom is -0.369 e. The lowest BCUT2D eigenvalue weighted by Gasteiger charge is -2.27. The van der Waals surface area contributed by atoms with Crippen molar-refractivity contribution in [3.63, 3.8) is 0 Å². The molecule has 5 heteroatoms. The van der Waals surface area contributed by atoms with E-state index in [1.165, 1.54) is 0 Å². The molecule has 0 aromatic carbocycles. The fourth-order valence-electron chi connectivity index (χ4n) is 3.11. The van der Waals surface area contributed by atoms with Gasteiger partial charge in [0, 0.05) is 30.2 Å². The van der Waals surface area contributed by atoms with E-state index >= 15 is 0 Å². The Morgan fingerprint density at radius 1 is 1.40 bits per heavy atom. The summed E-state index contributed by atoms with van der Waals surface area (Å²) < 4.78 is 8.17. The van der Waals surface area contributed by atoms with Crippen molar-refractivity contribution < 1.29 is 4.74 Å². The van der Waals surface area contributed by atoms with E-state index in [9.17, 15) is 0 Å². The zero-order valence-corrected chi connectivity index (χ0v) is 13.3. The summed E-state index contributed by atoms with van der Waals surface area (Å²) in [4.78, 5) is 4.30. The van der Waals surface area contributed by atoms with Gasteiger partial charge in [-0.25, -0.2) is 4.98 Å². The van der Waals surface area contributed by atoms with Gasteiger partial charge in [0.15, 0.2) is 0 Å². The van der Waals surface area contributed by atoms with Gasteiger partial charge >= 0.3 is 0 Å². The first-order chi connectivity index (χ1) is 9.36. The van der Waals surface area contributed by atoms with Gasteiger partial charge in [0.05, 0.1) is 11.2 Å². The number of hydrogen-bond acceptors (Lipinski definition) is 4. The zero-order chi connectivity index (χ0) is 14.4. The Bertz CT molecular complexity index is 586. The molecule has 4 nitrogen and oxygen atoms in total. The summed E-state index contributed by atoms with van der Waals surface area (Å²) in [5.74, 6) is 0.474. The molecule has 1 unspecified atom stereocenters. The zero-order valence-electron chi connectivity index (χ0n) is 12.5. The van der Waals surface area contributed by atoms with Crippen LogP contribution in [-0.2, 0) is 11.3 Å². The maximum Gasteiger partial charge on any atom is 0.143 e. The Balaban J connectivity index is 1.76. The molecule has 0 bridgehead atoms. The van der Waals surface area contributed by atoms with Gasteiger partial charge in [-0.05, 0) is 40.2 Å². The highest BCUT2D eigenvalue weighted by Crippen LogP contribution is 2.42. The molecule has 2 aromatic heterocycles. The van der Waals surface area contributed by atoms with Crippen molar-refractivity contribution in [2.75, 3.05) is 0 Å². The summed E-state index contributed by atoms with van der Waals surface area (Å²) in [5, 5.41) is 7.59. The minimum atomic E-state index is -0.100. The fraction of sp³-hybridized carbons (Fsp3) is 0.600. The van der Waals surface area contributed by atoms with E-state index in [0.717, 1.165) is 23.7 Å². The third-order valence-corrected chi connectivity index (χ3v) is 4.76. The van der Waals surface area contributed by atoms with Gasteiger partial charge in [-0.1, -0.05) is 0 Å². The monoisotopic (exact) mass is 291 g/mol. The standard InChI is InChI=1S/C15H21N3OS/c1-14(2)9-11(15(3,4)19-14)10-18-7-5-12(17-18)13-16-6-8-20-13/h5-8,11H,9-10H2,1-4H3. The smallest absolute Gasteiger partial charge is 0.143 e. The van der Waals surface area contributed by atoms with E-state index in [4.69, 9.17) is 4.74 Å². The van der Waals surface area contributed by atoms with E-state index in [1.54, 1.807) is 11.3 Å². The van der Waals surface area contributed by atoms with Gasteiger partial charge in [-0.3, -0.25) is 4.68 Å². The summed E-state index contributed by atoms with van der Waals surface area (Å²) in [7, 11) is 0. The van der Waals surface area contributed by atoms with E-state index in [-0.39, 0.29) is 11.2 Å². The van der Waals surface area contributed by atoms with Crippen molar-refractivity contribution in [2.24, 2.45) is 5.92 Å². The molecule has 0 amide bonds. The van der Waals surface area contributed by atoms with Crippen LogP contribution in [0.3, 0.4) is 0 Å². The molecule has 1 fully saturated rings. The second-order valence-electron chi connectivity index (χ2n) is 6.63. The third-order valence-electron chi connectivity index (χ3n) is 3.96. The lowest BCUT2D eigenvalue weighted by molar-refractivity contribution is -0.0761. The quantitative estimate of drug-likeness (QED) is 0.867. The van der Waals surface area contributed by atoms with E-state index in [1.807, 2.05) is 28.5 Å². The molecule has 0 saturated carbocycles. The molecule has 0 aliphatic carbocycles. The Hall–Kier alpha value is -1.20. The fourth-order valence-corrected chi connectivity index (χ4v) is 3.72. The van der Waals surface area contributed by atoms with Crippen molar-refractivity contribution in [1.82, 2.24) is 14.8 Å². The van der Waals surface area contributed by atoms with Crippen molar-refractivity contribution in [3.8, 4) is 10.7 Å². The highest BCUT2D eigenvalue weighted by Gasteiger charge is 2.45. The molecule has 20 heavy (non-hydrogen) atoms. The average Bonchev–Trinajstić information content (AvgIpc) is 2.98. The second-order valence-corrected chi connectivity index (χ2v) is 7.52. The number of rotatable bonds is 3. The van der Waals surface area contributed by atoms with Crippen LogP contribution in [0.5, 0.6) is 0 Å². The summed E-state index contributed by atoms with van der Waals surface area (Å²) in [6, 6.07) is 2.03. The summed E-state index contributed by atoms with van der Waals surface area (Å²) in [5.41, 5.74) is 0.812. The highest BCUT2D eigenvalue weighted by atomic mass is 32.1. The van der Waals surface area contributed by atoms with Crippen LogP contribution in [0.25, 0.3) is 10.7 Å². The van der Waals surface area contributed by atoms with Gasteiger partial charge in [0.2, 0.25) is 0 Å². The Labute approximate surface area is 123 Å². The summed E-state index contributed by atoms with van der Waals surface area (Å²) >= 11 is 1.62. The molecule has 1 aliphatic rings. The van der Waals surface area contributed by atoms with Crippen LogP contribution in [0.4, 0.5) is 0 Å². The lowest BCUT2D eigenvalue weighted by atomic mass is 9.87. The largest absolute Gasteiger partial charge is 0.369 e. The first kappa shape index (κ1) is 13.8. The van der Waals surface area contributed by atoms with Crippen LogP contribution >= 0.6 is 11.3 Å². The SMILES string of the molecule is CC1(C)CC(Cn2ccc(-c3nccs3)n2)C(C)(C)O1. The van der Waals surface area contributed by atoms with Crippen molar-refractivity contribution in [2.45, 2.75) is 51.9 Å². The maximum absolute atomic E-state index is 6.15. The van der Waals surface area contributed by atoms with Gasteiger partial charge in [0.1, 0.15) is 10.7 Å². The van der Waals surface area contributed by atoms with E-state index in [2.05, 4.69) is 37.8 Å². The van der Waals surface area contributed by atoms with Crippen LogP contribution in [0, 0.1) is 5.92 Å². The Kier molecular flexibility index (Phi) is 3.21. The van der Waals surface area contributed by atoms with Crippen molar-refractivity contribution in [3.05, 3.63) is 23.8 Å². The van der Waals surface area contributed by atoms with E-state index in [0.29, 0.717) is 5.92 Å². The predicted octanol–water partition coefficient (Wildman–Crippen LogP) is 3.60. The normalized spacial score (nSPS) is 24.1. The van der Waals surface area contributed by atoms with Crippen molar-refractivity contribution in [1.29, 1.82) is 0 Å².